The number of carboxylic acids is 1. The zero-order chi connectivity index (χ0) is 19.5. The number of hydrogen-bond acceptors (Lipinski definition) is 1. The van der Waals surface area contributed by atoms with Crippen LogP contribution >= 0.6 is 0 Å². The van der Waals surface area contributed by atoms with E-state index in [-0.39, 0.29) is 5.92 Å². The Kier molecular flexibility index (Phi) is 4.98. The SMILES string of the molecule is C[C@@H](CC(c1ccccc1)c1cn(-c2ccccc2)c2ccccc12)C(=O)O. The summed E-state index contributed by atoms with van der Waals surface area (Å²) in [4.78, 5) is 11.6. The number of benzene rings is 3. The first kappa shape index (κ1) is 18.1. The topological polar surface area (TPSA) is 42.2 Å². The second kappa shape index (κ2) is 7.73. The molecule has 3 aromatic carbocycles. The van der Waals surface area contributed by atoms with E-state index in [1.54, 1.807) is 6.92 Å². The van der Waals surface area contributed by atoms with E-state index in [9.17, 15) is 9.90 Å². The van der Waals surface area contributed by atoms with Crippen LogP contribution in [0.25, 0.3) is 16.6 Å². The van der Waals surface area contributed by atoms with Crippen LogP contribution in [0.5, 0.6) is 0 Å². The Hall–Kier alpha value is -3.33. The molecule has 140 valence electrons. The minimum Gasteiger partial charge on any atom is -0.481 e. The zero-order valence-corrected chi connectivity index (χ0v) is 15.8. The Morgan fingerprint density at radius 2 is 1.50 bits per heavy atom. The first-order chi connectivity index (χ1) is 13.6. The molecular formula is C25H23NO2. The fourth-order valence-corrected chi connectivity index (χ4v) is 3.87. The molecule has 0 spiro atoms. The van der Waals surface area contributed by atoms with Crippen LogP contribution in [0.2, 0.25) is 0 Å². The first-order valence-electron chi connectivity index (χ1n) is 9.58. The van der Waals surface area contributed by atoms with Crippen LogP contribution in [0.15, 0.2) is 91.1 Å². The molecule has 3 heteroatoms. The molecule has 0 aliphatic rings. The highest BCUT2D eigenvalue weighted by Gasteiger charge is 2.24. The van der Waals surface area contributed by atoms with Crippen molar-refractivity contribution in [1.82, 2.24) is 4.57 Å². The lowest BCUT2D eigenvalue weighted by Crippen LogP contribution is -2.14. The maximum absolute atomic E-state index is 11.6. The van der Waals surface area contributed by atoms with Crippen LogP contribution in [0.3, 0.4) is 0 Å². The molecule has 0 amide bonds. The number of rotatable bonds is 6. The van der Waals surface area contributed by atoms with Gasteiger partial charge in [0.2, 0.25) is 0 Å². The van der Waals surface area contributed by atoms with Crippen molar-refractivity contribution < 1.29 is 9.90 Å². The van der Waals surface area contributed by atoms with Crippen LogP contribution in [0.4, 0.5) is 0 Å². The molecule has 1 heterocycles. The number of para-hydroxylation sites is 2. The zero-order valence-electron chi connectivity index (χ0n) is 15.8. The predicted octanol–water partition coefficient (Wildman–Crippen LogP) is 5.87. The highest BCUT2D eigenvalue weighted by Crippen LogP contribution is 2.37. The van der Waals surface area contributed by atoms with E-state index >= 15 is 0 Å². The smallest absolute Gasteiger partial charge is 0.306 e. The van der Waals surface area contributed by atoms with Gasteiger partial charge in [-0.15, -0.1) is 0 Å². The van der Waals surface area contributed by atoms with E-state index in [0.717, 1.165) is 22.2 Å². The van der Waals surface area contributed by atoms with Gasteiger partial charge < -0.3 is 9.67 Å². The molecule has 0 aliphatic heterocycles. The van der Waals surface area contributed by atoms with Crippen LogP contribution in [-0.2, 0) is 4.79 Å². The molecular weight excluding hydrogens is 346 g/mol. The van der Waals surface area contributed by atoms with Crippen molar-refractivity contribution in [3.8, 4) is 5.69 Å². The van der Waals surface area contributed by atoms with Gasteiger partial charge in [0.15, 0.2) is 0 Å². The van der Waals surface area contributed by atoms with Gasteiger partial charge in [-0.3, -0.25) is 4.79 Å². The largest absolute Gasteiger partial charge is 0.481 e. The van der Waals surface area contributed by atoms with Gasteiger partial charge in [0.25, 0.3) is 0 Å². The molecule has 1 unspecified atom stereocenters. The number of fused-ring (bicyclic) bond motifs is 1. The molecule has 0 saturated heterocycles. The van der Waals surface area contributed by atoms with E-state index < -0.39 is 11.9 Å². The van der Waals surface area contributed by atoms with Crippen molar-refractivity contribution in [1.29, 1.82) is 0 Å². The van der Waals surface area contributed by atoms with Gasteiger partial charge in [-0.2, -0.15) is 0 Å². The summed E-state index contributed by atoms with van der Waals surface area (Å²) in [6, 6.07) is 28.8. The minimum atomic E-state index is -0.757. The Bertz CT molecular complexity index is 1080. The molecule has 1 aromatic heterocycles. The van der Waals surface area contributed by atoms with Crippen molar-refractivity contribution in [3.63, 3.8) is 0 Å². The molecule has 0 aliphatic carbocycles. The summed E-state index contributed by atoms with van der Waals surface area (Å²) >= 11 is 0. The van der Waals surface area contributed by atoms with Crippen molar-refractivity contribution in [2.24, 2.45) is 5.92 Å². The van der Waals surface area contributed by atoms with Gasteiger partial charge in [-0.05, 0) is 35.7 Å². The van der Waals surface area contributed by atoms with Crippen molar-refractivity contribution in [2.45, 2.75) is 19.3 Å². The van der Waals surface area contributed by atoms with E-state index in [2.05, 4.69) is 47.2 Å². The molecule has 1 N–H and O–H groups in total. The van der Waals surface area contributed by atoms with Gasteiger partial charge in [-0.1, -0.05) is 73.7 Å². The summed E-state index contributed by atoms with van der Waals surface area (Å²) < 4.78 is 2.20. The normalized spacial score (nSPS) is 13.3. The van der Waals surface area contributed by atoms with Crippen LogP contribution in [0, 0.1) is 5.92 Å². The Morgan fingerprint density at radius 3 is 2.18 bits per heavy atom. The van der Waals surface area contributed by atoms with Crippen molar-refractivity contribution in [2.75, 3.05) is 0 Å². The average molecular weight is 369 g/mol. The van der Waals surface area contributed by atoms with Gasteiger partial charge >= 0.3 is 5.97 Å². The lowest BCUT2D eigenvalue weighted by molar-refractivity contribution is -0.141. The molecule has 28 heavy (non-hydrogen) atoms. The Morgan fingerprint density at radius 1 is 0.893 bits per heavy atom. The maximum atomic E-state index is 11.6. The lowest BCUT2D eigenvalue weighted by atomic mass is 9.84. The third kappa shape index (κ3) is 3.44. The van der Waals surface area contributed by atoms with Crippen LogP contribution < -0.4 is 0 Å². The fraction of sp³-hybridized carbons (Fsp3) is 0.160. The summed E-state index contributed by atoms with van der Waals surface area (Å²) in [6.45, 7) is 1.79. The molecule has 4 aromatic rings. The number of hydrogen-bond donors (Lipinski definition) is 1. The summed E-state index contributed by atoms with van der Waals surface area (Å²) in [7, 11) is 0. The number of nitrogens with zero attached hydrogens (tertiary/aromatic N) is 1. The van der Waals surface area contributed by atoms with Crippen LogP contribution in [-0.4, -0.2) is 15.6 Å². The quantitative estimate of drug-likeness (QED) is 0.461. The second-order valence-corrected chi connectivity index (χ2v) is 7.25. The first-order valence-corrected chi connectivity index (χ1v) is 9.58. The number of carboxylic acid groups (broad SMARTS) is 1. The molecule has 0 saturated carbocycles. The third-order valence-electron chi connectivity index (χ3n) is 5.37. The Balaban J connectivity index is 1.90. The van der Waals surface area contributed by atoms with Crippen LogP contribution in [0.1, 0.15) is 30.4 Å². The van der Waals surface area contributed by atoms with Gasteiger partial charge in [0, 0.05) is 23.2 Å². The highest BCUT2D eigenvalue weighted by molar-refractivity contribution is 5.86. The van der Waals surface area contributed by atoms with Gasteiger partial charge in [0.1, 0.15) is 0 Å². The predicted molar refractivity (Wildman–Crippen MR) is 113 cm³/mol. The molecule has 2 atom stereocenters. The highest BCUT2D eigenvalue weighted by atomic mass is 16.4. The number of aliphatic carboxylic acids is 1. The van der Waals surface area contributed by atoms with Gasteiger partial charge in [-0.25, -0.2) is 0 Å². The summed E-state index contributed by atoms with van der Waals surface area (Å²) in [5.41, 5.74) is 4.54. The number of aromatic nitrogens is 1. The summed E-state index contributed by atoms with van der Waals surface area (Å²) in [5, 5.41) is 10.7. The van der Waals surface area contributed by atoms with E-state index in [0.29, 0.717) is 6.42 Å². The second-order valence-electron chi connectivity index (χ2n) is 7.25. The molecule has 0 radical (unpaired) electrons. The molecule has 0 bridgehead atoms. The van der Waals surface area contributed by atoms with Crippen molar-refractivity contribution in [3.05, 3.63) is 102 Å². The number of carbonyl (C=O) groups is 1. The summed E-state index contributed by atoms with van der Waals surface area (Å²) in [5.74, 6) is -1.17. The monoisotopic (exact) mass is 369 g/mol. The fourth-order valence-electron chi connectivity index (χ4n) is 3.87. The maximum Gasteiger partial charge on any atom is 0.306 e. The summed E-state index contributed by atoms with van der Waals surface area (Å²) in [6.07, 6.45) is 2.73. The van der Waals surface area contributed by atoms with E-state index in [1.807, 2.05) is 48.5 Å². The molecule has 4 rings (SSSR count). The lowest BCUT2D eigenvalue weighted by Gasteiger charge is -2.19. The molecule has 0 fully saturated rings. The van der Waals surface area contributed by atoms with E-state index in [4.69, 9.17) is 0 Å². The Labute approximate surface area is 164 Å². The molecule has 3 nitrogen and oxygen atoms in total. The van der Waals surface area contributed by atoms with Crippen molar-refractivity contribution >= 4 is 16.9 Å². The average Bonchev–Trinajstić information content (AvgIpc) is 3.12. The third-order valence-corrected chi connectivity index (χ3v) is 5.37. The minimum absolute atomic E-state index is 0.0159. The standard InChI is InChI=1S/C25H23NO2/c1-18(25(27)28)16-22(19-10-4-2-5-11-19)23-17-26(20-12-6-3-7-13-20)24-15-9-8-14-21(23)24/h2-15,17-18,22H,16H2,1H3,(H,27,28)/t18-,22?/m0/s1. The van der Waals surface area contributed by atoms with Gasteiger partial charge in [0.05, 0.1) is 11.4 Å². The van der Waals surface area contributed by atoms with E-state index in [1.165, 1.54) is 5.56 Å².